The number of aromatic nitrogens is 2. The number of hydrogen-bond donors (Lipinski definition) is 2. The Morgan fingerprint density at radius 2 is 2.17 bits per heavy atom. The monoisotopic (exact) mass is 406 g/mol. The van der Waals surface area contributed by atoms with Gasteiger partial charge in [0, 0.05) is 18.8 Å². The van der Waals surface area contributed by atoms with Crippen LogP contribution in [-0.2, 0) is 23.0 Å². The fourth-order valence-electron chi connectivity index (χ4n) is 3.00. The quantitative estimate of drug-likeness (QED) is 0.816. The van der Waals surface area contributed by atoms with E-state index in [2.05, 4.69) is 15.0 Å². The third-order valence-corrected chi connectivity index (χ3v) is 6.83. The van der Waals surface area contributed by atoms with Crippen molar-refractivity contribution in [3.8, 4) is 0 Å². The number of nitrogens with one attached hydrogen (secondary N) is 2. The Balaban J connectivity index is 0.00000169. The molecule has 2 aliphatic rings. The average Bonchev–Trinajstić information content (AvgIpc) is 3.06. The first-order valence-corrected chi connectivity index (χ1v) is 10.1. The van der Waals surface area contributed by atoms with Crippen LogP contribution >= 0.6 is 35.8 Å². The Hall–Kier alpha value is -0.770. The molecule has 1 unspecified atom stereocenters. The van der Waals surface area contributed by atoms with Crippen LogP contribution in [0, 0.1) is 0 Å². The second kappa shape index (κ2) is 6.86. The summed E-state index contributed by atoms with van der Waals surface area (Å²) in [6.07, 6.45) is 0.426. The molecular weight excluding hydrogens is 391 g/mol. The number of imidazole rings is 1. The predicted molar refractivity (Wildman–Crippen MR) is 96.4 cm³/mol. The molecule has 10 heteroatoms. The van der Waals surface area contributed by atoms with Crippen LogP contribution in [0.2, 0.25) is 5.15 Å². The van der Waals surface area contributed by atoms with Crippen LogP contribution in [0.25, 0.3) is 0 Å². The van der Waals surface area contributed by atoms with E-state index >= 15 is 0 Å². The van der Waals surface area contributed by atoms with E-state index in [-0.39, 0.29) is 22.6 Å². The standard InChI is InChI=1S/C14H15ClN4O2S2.ClH/c15-11-13(19-7-8-22-14(19)17-11)23(20,21)18-12-10-4-2-1-3-9(10)5-6-16-12;/h1-4,12,16,18H,5-8H2;1H. The maximum Gasteiger partial charge on any atom is 0.261 e. The first kappa shape index (κ1) is 18.0. The van der Waals surface area contributed by atoms with Gasteiger partial charge in [-0.2, -0.15) is 4.72 Å². The minimum Gasteiger partial charge on any atom is -0.307 e. The molecule has 2 aliphatic heterocycles. The van der Waals surface area contributed by atoms with Crippen molar-refractivity contribution >= 4 is 45.8 Å². The summed E-state index contributed by atoms with van der Waals surface area (Å²) >= 11 is 7.59. The molecule has 0 bridgehead atoms. The largest absolute Gasteiger partial charge is 0.307 e. The normalized spacial score (nSPS) is 19.5. The molecule has 0 radical (unpaired) electrons. The minimum atomic E-state index is -3.77. The molecule has 0 fully saturated rings. The zero-order valence-electron chi connectivity index (χ0n) is 12.5. The highest BCUT2D eigenvalue weighted by Crippen LogP contribution is 2.33. The van der Waals surface area contributed by atoms with E-state index < -0.39 is 16.2 Å². The van der Waals surface area contributed by atoms with Crippen LogP contribution in [-0.4, -0.2) is 30.3 Å². The molecule has 1 atom stereocenters. The molecule has 24 heavy (non-hydrogen) atoms. The Morgan fingerprint density at radius 1 is 1.38 bits per heavy atom. The van der Waals surface area contributed by atoms with Crippen LogP contribution in [0.1, 0.15) is 17.3 Å². The van der Waals surface area contributed by atoms with Gasteiger partial charge in [-0.15, -0.1) is 12.4 Å². The van der Waals surface area contributed by atoms with Crippen molar-refractivity contribution in [2.75, 3.05) is 12.3 Å². The lowest BCUT2D eigenvalue weighted by Crippen LogP contribution is -2.42. The molecule has 0 saturated heterocycles. The zero-order chi connectivity index (χ0) is 16.0. The summed E-state index contributed by atoms with van der Waals surface area (Å²) < 4.78 is 30.1. The number of rotatable bonds is 3. The Morgan fingerprint density at radius 3 is 3.00 bits per heavy atom. The number of benzene rings is 1. The Kier molecular flexibility index (Phi) is 5.15. The topological polar surface area (TPSA) is 76.0 Å². The van der Waals surface area contributed by atoms with E-state index in [0.717, 1.165) is 29.8 Å². The molecule has 0 saturated carbocycles. The van der Waals surface area contributed by atoms with Crippen LogP contribution in [0.4, 0.5) is 0 Å². The first-order chi connectivity index (χ1) is 11.1. The van der Waals surface area contributed by atoms with Gasteiger partial charge in [0.25, 0.3) is 10.0 Å². The lowest BCUT2D eigenvalue weighted by atomic mass is 9.99. The third-order valence-electron chi connectivity index (χ3n) is 4.03. The summed E-state index contributed by atoms with van der Waals surface area (Å²) in [5, 5.41) is 3.96. The summed E-state index contributed by atoms with van der Waals surface area (Å²) in [6.45, 7) is 1.32. The number of sulfonamides is 1. The molecule has 3 heterocycles. The van der Waals surface area contributed by atoms with Crippen molar-refractivity contribution in [3.05, 3.63) is 40.5 Å². The van der Waals surface area contributed by atoms with Gasteiger partial charge in [0.05, 0.1) is 6.17 Å². The van der Waals surface area contributed by atoms with E-state index in [1.165, 1.54) is 11.8 Å². The molecular formula is C14H16Cl2N4O2S2. The number of halogens is 2. The summed E-state index contributed by atoms with van der Waals surface area (Å²) in [5.41, 5.74) is 2.10. The molecule has 130 valence electrons. The van der Waals surface area contributed by atoms with Gasteiger partial charge in [0.15, 0.2) is 15.3 Å². The summed E-state index contributed by atoms with van der Waals surface area (Å²) in [7, 11) is -3.77. The van der Waals surface area contributed by atoms with Gasteiger partial charge in [-0.05, 0) is 17.5 Å². The molecule has 1 aromatic heterocycles. The van der Waals surface area contributed by atoms with Crippen LogP contribution < -0.4 is 10.0 Å². The fourth-order valence-corrected chi connectivity index (χ4v) is 5.92. The van der Waals surface area contributed by atoms with Gasteiger partial charge in [-0.25, -0.2) is 13.4 Å². The second-order valence-corrected chi connectivity index (χ2v) is 8.50. The van der Waals surface area contributed by atoms with Crippen LogP contribution in [0.3, 0.4) is 0 Å². The highest BCUT2D eigenvalue weighted by molar-refractivity contribution is 7.99. The molecule has 6 nitrogen and oxygen atoms in total. The highest BCUT2D eigenvalue weighted by atomic mass is 35.5. The maximum atomic E-state index is 12.8. The van der Waals surface area contributed by atoms with Crippen molar-refractivity contribution in [3.63, 3.8) is 0 Å². The van der Waals surface area contributed by atoms with E-state index in [1.54, 1.807) is 4.57 Å². The number of fused-ring (bicyclic) bond motifs is 2. The van der Waals surface area contributed by atoms with Gasteiger partial charge >= 0.3 is 0 Å². The summed E-state index contributed by atoms with van der Waals surface area (Å²) in [6, 6.07) is 7.84. The van der Waals surface area contributed by atoms with E-state index in [0.29, 0.717) is 11.7 Å². The number of nitrogens with zero attached hydrogens (tertiary/aromatic N) is 2. The van der Waals surface area contributed by atoms with Crippen molar-refractivity contribution in [2.24, 2.45) is 0 Å². The predicted octanol–water partition coefficient (Wildman–Crippen LogP) is 2.19. The van der Waals surface area contributed by atoms with Gasteiger partial charge in [-0.3, -0.25) is 5.32 Å². The lowest BCUT2D eigenvalue weighted by Gasteiger charge is -2.27. The van der Waals surface area contributed by atoms with Gasteiger partial charge in [-0.1, -0.05) is 47.6 Å². The average molecular weight is 407 g/mol. The van der Waals surface area contributed by atoms with Gasteiger partial charge < -0.3 is 4.57 Å². The lowest BCUT2D eigenvalue weighted by molar-refractivity contribution is 0.466. The van der Waals surface area contributed by atoms with E-state index in [4.69, 9.17) is 11.6 Å². The maximum absolute atomic E-state index is 12.8. The molecule has 1 aromatic carbocycles. The van der Waals surface area contributed by atoms with Crippen molar-refractivity contribution in [2.45, 2.75) is 29.3 Å². The van der Waals surface area contributed by atoms with Gasteiger partial charge in [0.1, 0.15) is 0 Å². The van der Waals surface area contributed by atoms with Crippen LogP contribution in [0.15, 0.2) is 34.4 Å². The second-order valence-electron chi connectivity index (χ2n) is 5.45. The first-order valence-electron chi connectivity index (χ1n) is 7.28. The SMILES string of the molecule is Cl.O=S(=O)(NC1NCCc2ccccc21)c1c(Cl)nc2n1CCS2. The van der Waals surface area contributed by atoms with E-state index in [9.17, 15) is 8.42 Å². The fraction of sp³-hybridized carbons (Fsp3) is 0.357. The number of hydrogen-bond acceptors (Lipinski definition) is 5. The molecule has 0 aliphatic carbocycles. The highest BCUT2D eigenvalue weighted by Gasteiger charge is 2.33. The van der Waals surface area contributed by atoms with E-state index in [1.807, 2.05) is 24.3 Å². The number of thioether (sulfide) groups is 1. The van der Waals surface area contributed by atoms with Crippen molar-refractivity contribution in [1.29, 1.82) is 0 Å². The molecule has 4 rings (SSSR count). The minimum absolute atomic E-state index is 0. The van der Waals surface area contributed by atoms with Crippen molar-refractivity contribution in [1.82, 2.24) is 19.6 Å². The Bertz CT molecular complexity index is 870. The molecule has 2 N–H and O–H groups in total. The van der Waals surface area contributed by atoms with Crippen LogP contribution in [0.5, 0.6) is 0 Å². The molecule has 0 spiro atoms. The van der Waals surface area contributed by atoms with Gasteiger partial charge in [0.2, 0.25) is 0 Å². The summed E-state index contributed by atoms with van der Waals surface area (Å²) in [4.78, 5) is 4.15. The Labute approximate surface area is 155 Å². The smallest absolute Gasteiger partial charge is 0.261 e. The van der Waals surface area contributed by atoms with Crippen molar-refractivity contribution < 1.29 is 8.42 Å². The molecule has 2 aromatic rings. The zero-order valence-corrected chi connectivity index (χ0v) is 15.7. The molecule has 0 amide bonds. The third kappa shape index (κ3) is 3.07. The summed E-state index contributed by atoms with van der Waals surface area (Å²) in [5.74, 6) is 0.812.